The number of pyridine rings is 1. The molecule has 2 N–H and O–H groups in total. The number of hydrogen-bond donors (Lipinski definition) is 2. The van der Waals surface area contributed by atoms with E-state index in [1.54, 1.807) is 17.5 Å². The molecule has 3 heterocycles. The Morgan fingerprint density at radius 3 is 3.04 bits per heavy atom. The summed E-state index contributed by atoms with van der Waals surface area (Å²) in [6.07, 6.45) is 3.40. The summed E-state index contributed by atoms with van der Waals surface area (Å²) >= 11 is 1.64. The number of carbonyl (C=O) groups is 2. The summed E-state index contributed by atoms with van der Waals surface area (Å²) in [7, 11) is 0. The largest absolute Gasteiger partial charge is 0.346 e. The number of carbonyl (C=O) groups excluding carboxylic acids is 2. The van der Waals surface area contributed by atoms with Gasteiger partial charge in [0.1, 0.15) is 6.04 Å². The standard InChI is InChI=1S/C17H19N3O2S/c1-11-3-2-7-18-16(11)14(9-12-6-8-23-10-12)20-17(22)13-4-5-15(21)19-13/h2-3,6-8,10,13-14H,4-5,9H2,1H3,(H,19,21)(H,20,22)/t13-,14-/m1/s1. The number of aryl methyl sites for hydroxylation is 1. The third-order valence-electron chi connectivity index (χ3n) is 4.03. The maximum Gasteiger partial charge on any atom is 0.243 e. The van der Waals surface area contributed by atoms with Gasteiger partial charge in [-0.05, 0) is 53.8 Å². The molecule has 0 aliphatic carbocycles. The lowest BCUT2D eigenvalue weighted by Gasteiger charge is -2.21. The minimum Gasteiger partial charge on any atom is -0.346 e. The molecular formula is C17H19N3O2S. The fraction of sp³-hybridized carbons (Fsp3) is 0.353. The van der Waals surface area contributed by atoms with Crippen LogP contribution in [0.25, 0.3) is 0 Å². The smallest absolute Gasteiger partial charge is 0.243 e. The van der Waals surface area contributed by atoms with Gasteiger partial charge in [0.05, 0.1) is 11.7 Å². The maximum absolute atomic E-state index is 12.5. The van der Waals surface area contributed by atoms with Gasteiger partial charge in [-0.15, -0.1) is 0 Å². The summed E-state index contributed by atoms with van der Waals surface area (Å²) in [5.74, 6) is -0.199. The van der Waals surface area contributed by atoms with Crippen LogP contribution in [0.2, 0.25) is 0 Å². The second-order valence-electron chi connectivity index (χ2n) is 5.76. The minimum atomic E-state index is -0.434. The Morgan fingerprint density at radius 1 is 1.52 bits per heavy atom. The third-order valence-corrected chi connectivity index (χ3v) is 4.76. The number of aromatic nitrogens is 1. The molecule has 1 aliphatic rings. The summed E-state index contributed by atoms with van der Waals surface area (Å²) < 4.78 is 0. The highest BCUT2D eigenvalue weighted by atomic mass is 32.1. The van der Waals surface area contributed by atoms with Crippen LogP contribution in [0, 0.1) is 6.92 Å². The predicted molar refractivity (Wildman–Crippen MR) is 89.0 cm³/mol. The molecule has 3 rings (SSSR count). The average Bonchev–Trinajstić information content (AvgIpc) is 3.18. The topological polar surface area (TPSA) is 71.1 Å². The number of thiophene rings is 1. The van der Waals surface area contributed by atoms with Crippen molar-refractivity contribution in [2.75, 3.05) is 0 Å². The van der Waals surface area contributed by atoms with Crippen molar-refractivity contribution < 1.29 is 9.59 Å². The Balaban J connectivity index is 1.79. The number of amides is 2. The first-order valence-corrected chi connectivity index (χ1v) is 8.60. The molecule has 0 saturated carbocycles. The van der Waals surface area contributed by atoms with Gasteiger partial charge in [-0.25, -0.2) is 0 Å². The van der Waals surface area contributed by atoms with E-state index in [4.69, 9.17) is 0 Å². The Morgan fingerprint density at radius 2 is 2.39 bits per heavy atom. The van der Waals surface area contributed by atoms with Crippen molar-refractivity contribution in [2.45, 2.75) is 38.3 Å². The highest BCUT2D eigenvalue weighted by molar-refractivity contribution is 7.07. The van der Waals surface area contributed by atoms with Crippen LogP contribution in [0.5, 0.6) is 0 Å². The van der Waals surface area contributed by atoms with E-state index >= 15 is 0 Å². The molecule has 5 nitrogen and oxygen atoms in total. The zero-order valence-electron chi connectivity index (χ0n) is 12.9. The quantitative estimate of drug-likeness (QED) is 0.883. The first-order chi connectivity index (χ1) is 11.1. The zero-order chi connectivity index (χ0) is 16.2. The monoisotopic (exact) mass is 329 g/mol. The van der Waals surface area contributed by atoms with Crippen molar-refractivity contribution in [1.29, 1.82) is 0 Å². The fourth-order valence-electron chi connectivity index (χ4n) is 2.81. The molecule has 0 unspecified atom stereocenters. The van der Waals surface area contributed by atoms with Gasteiger partial charge in [0.25, 0.3) is 0 Å². The second-order valence-corrected chi connectivity index (χ2v) is 6.54. The number of nitrogens with one attached hydrogen (secondary N) is 2. The highest BCUT2D eigenvalue weighted by Gasteiger charge is 2.29. The molecule has 0 aromatic carbocycles. The molecule has 120 valence electrons. The molecule has 0 radical (unpaired) electrons. The van der Waals surface area contributed by atoms with E-state index in [9.17, 15) is 9.59 Å². The maximum atomic E-state index is 12.5. The van der Waals surface area contributed by atoms with E-state index in [0.29, 0.717) is 19.3 Å². The van der Waals surface area contributed by atoms with E-state index < -0.39 is 6.04 Å². The van der Waals surface area contributed by atoms with Gasteiger partial charge in [0, 0.05) is 12.6 Å². The molecule has 1 aliphatic heterocycles. The highest BCUT2D eigenvalue weighted by Crippen LogP contribution is 2.22. The van der Waals surface area contributed by atoms with Crippen LogP contribution >= 0.6 is 11.3 Å². The molecule has 2 aromatic heterocycles. The zero-order valence-corrected chi connectivity index (χ0v) is 13.7. The molecule has 23 heavy (non-hydrogen) atoms. The normalized spacial score (nSPS) is 18.5. The molecule has 6 heteroatoms. The van der Waals surface area contributed by atoms with Gasteiger partial charge in [0.2, 0.25) is 11.8 Å². The van der Waals surface area contributed by atoms with Crippen molar-refractivity contribution in [3.63, 3.8) is 0 Å². The number of rotatable bonds is 5. The molecule has 2 aromatic rings. The van der Waals surface area contributed by atoms with Gasteiger partial charge in [-0.1, -0.05) is 6.07 Å². The van der Waals surface area contributed by atoms with Crippen molar-refractivity contribution in [3.05, 3.63) is 52.0 Å². The van der Waals surface area contributed by atoms with Gasteiger partial charge < -0.3 is 10.6 Å². The summed E-state index contributed by atoms with van der Waals surface area (Å²) in [6.45, 7) is 1.99. The first kappa shape index (κ1) is 15.7. The van der Waals surface area contributed by atoms with Crippen LogP contribution in [0.15, 0.2) is 35.2 Å². The number of nitrogens with zero attached hydrogens (tertiary/aromatic N) is 1. The van der Waals surface area contributed by atoms with Crippen molar-refractivity contribution >= 4 is 23.2 Å². The molecule has 0 spiro atoms. The van der Waals surface area contributed by atoms with E-state index in [-0.39, 0.29) is 17.9 Å². The van der Waals surface area contributed by atoms with Gasteiger partial charge in [-0.2, -0.15) is 11.3 Å². The Kier molecular flexibility index (Phi) is 4.71. The Labute approximate surface area is 139 Å². The molecule has 0 bridgehead atoms. The lowest BCUT2D eigenvalue weighted by atomic mass is 10.0. The number of hydrogen-bond acceptors (Lipinski definition) is 4. The summed E-state index contributed by atoms with van der Waals surface area (Å²) in [4.78, 5) is 28.2. The van der Waals surface area contributed by atoms with Crippen LogP contribution in [0.3, 0.4) is 0 Å². The van der Waals surface area contributed by atoms with Crippen molar-refractivity contribution in [3.8, 4) is 0 Å². The SMILES string of the molecule is Cc1cccnc1[C@@H](Cc1ccsc1)NC(=O)[C@H]1CCC(=O)N1. The van der Waals surface area contributed by atoms with Gasteiger partial charge >= 0.3 is 0 Å². The van der Waals surface area contributed by atoms with Gasteiger partial charge in [-0.3, -0.25) is 14.6 Å². The molecular weight excluding hydrogens is 310 g/mol. The van der Waals surface area contributed by atoms with Crippen LogP contribution in [-0.4, -0.2) is 22.8 Å². The van der Waals surface area contributed by atoms with E-state index in [0.717, 1.165) is 11.3 Å². The van der Waals surface area contributed by atoms with Crippen molar-refractivity contribution in [2.24, 2.45) is 0 Å². The van der Waals surface area contributed by atoms with Crippen LogP contribution in [-0.2, 0) is 16.0 Å². The van der Waals surface area contributed by atoms with E-state index in [1.165, 1.54) is 5.56 Å². The second kappa shape index (κ2) is 6.91. The van der Waals surface area contributed by atoms with Crippen molar-refractivity contribution in [1.82, 2.24) is 15.6 Å². The van der Waals surface area contributed by atoms with E-state index in [2.05, 4.69) is 27.1 Å². The Bertz CT molecular complexity index is 700. The lowest BCUT2D eigenvalue weighted by molar-refractivity contribution is -0.126. The first-order valence-electron chi connectivity index (χ1n) is 7.66. The summed E-state index contributed by atoms with van der Waals surface area (Å²) in [5, 5.41) is 9.88. The molecule has 2 atom stereocenters. The fourth-order valence-corrected chi connectivity index (χ4v) is 3.49. The van der Waals surface area contributed by atoms with Gasteiger partial charge in [0.15, 0.2) is 0 Å². The molecule has 1 saturated heterocycles. The van der Waals surface area contributed by atoms with Crippen LogP contribution in [0.1, 0.15) is 35.7 Å². The molecule has 1 fully saturated rings. The predicted octanol–water partition coefficient (Wildman–Crippen LogP) is 2.13. The van der Waals surface area contributed by atoms with Crippen LogP contribution in [0.4, 0.5) is 0 Å². The minimum absolute atomic E-state index is 0.0615. The lowest BCUT2D eigenvalue weighted by Crippen LogP contribution is -2.43. The summed E-state index contributed by atoms with van der Waals surface area (Å²) in [6, 6.07) is 5.30. The molecule has 2 amide bonds. The summed E-state index contributed by atoms with van der Waals surface area (Å²) in [5.41, 5.74) is 3.08. The average molecular weight is 329 g/mol. The Hall–Kier alpha value is -2.21. The van der Waals surface area contributed by atoms with E-state index in [1.807, 2.05) is 24.4 Å². The third kappa shape index (κ3) is 3.76. The van der Waals surface area contributed by atoms with Crippen LogP contribution < -0.4 is 10.6 Å².